The Hall–Kier alpha value is -2.03. The second-order valence-corrected chi connectivity index (χ2v) is 4.78. The van der Waals surface area contributed by atoms with Crippen LogP contribution < -0.4 is 5.43 Å². The zero-order valence-electron chi connectivity index (χ0n) is 11.0. The fourth-order valence-corrected chi connectivity index (χ4v) is 2.27. The number of aryl methyl sites for hydroxylation is 3. The van der Waals surface area contributed by atoms with Gasteiger partial charge in [-0.15, -0.1) is 0 Å². The van der Waals surface area contributed by atoms with Crippen molar-refractivity contribution in [2.75, 3.05) is 0 Å². The van der Waals surface area contributed by atoms with E-state index < -0.39 is 0 Å². The molecular formula is C15H16O3. The first-order chi connectivity index (χ1) is 8.34. The number of benzene rings is 1. The van der Waals surface area contributed by atoms with Gasteiger partial charge in [0.1, 0.15) is 0 Å². The van der Waals surface area contributed by atoms with E-state index in [1.807, 2.05) is 19.9 Å². The van der Waals surface area contributed by atoms with Gasteiger partial charge in [0.15, 0.2) is 16.9 Å². The fourth-order valence-electron chi connectivity index (χ4n) is 2.27. The first-order valence-electron chi connectivity index (χ1n) is 5.81. The smallest absolute Gasteiger partial charge is 0.193 e. The van der Waals surface area contributed by atoms with Gasteiger partial charge in [-0.1, -0.05) is 17.7 Å². The summed E-state index contributed by atoms with van der Waals surface area (Å²) in [5, 5.41) is 20.8. The first-order valence-corrected chi connectivity index (χ1v) is 5.81. The molecule has 0 aromatic heterocycles. The summed E-state index contributed by atoms with van der Waals surface area (Å²) in [7, 11) is 0. The van der Waals surface area contributed by atoms with Crippen LogP contribution in [-0.4, -0.2) is 10.2 Å². The van der Waals surface area contributed by atoms with Gasteiger partial charge in [-0.3, -0.25) is 4.79 Å². The Balaban J connectivity index is 3.25. The van der Waals surface area contributed by atoms with Gasteiger partial charge in [0.05, 0.1) is 5.39 Å². The number of hydrogen-bond donors (Lipinski definition) is 2. The molecule has 94 valence electrons. The van der Waals surface area contributed by atoms with Gasteiger partial charge < -0.3 is 10.2 Å². The lowest BCUT2D eigenvalue weighted by Crippen LogP contribution is -2.03. The quantitative estimate of drug-likeness (QED) is 0.700. The van der Waals surface area contributed by atoms with Crippen LogP contribution in [0.15, 0.2) is 16.9 Å². The summed E-state index contributed by atoms with van der Waals surface area (Å²) in [4.78, 5) is 12.2. The first kappa shape index (κ1) is 12.4. The number of aromatic hydroxyl groups is 2. The van der Waals surface area contributed by atoms with Gasteiger partial charge in [-0.05, 0) is 49.8 Å². The van der Waals surface area contributed by atoms with Crippen molar-refractivity contribution in [3.63, 3.8) is 0 Å². The van der Waals surface area contributed by atoms with Crippen LogP contribution in [0.25, 0.3) is 10.8 Å². The lowest BCUT2D eigenvalue weighted by molar-refractivity contribution is 0.405. The monoisotopic (exact) mass is 244 g/mol. The summed E-state index contributed by atoms with van der Waals surface area (Å²) in [6.07, 6.45) is 0. The normalized spacial score (nSPS) is 10.9. The topological polar surface area (TPSA) is 57.5 Å². The van der Waals surface area contributed by atoms with Gasteiger partial charge in [0.25, 0.3) is 0 Å². The molecule has 0 aliphatic rings. The Morgan fingerprint density at radius 1 is 0.889 bits per heavy atom. The largest absolute Gasteiger partial charge is 0.504 e. The van der Waals surface area contributed by atoms with E-state index in [1.165, 1.54) is 0 Å². The second-order valence-electron chi connectivity index (χ2n) is 4.78. The molecule has 0 heterocycles. The van der Waals surface area contributed by atoms with Crippen LogP contribution in [0.3, 0.4) is 0 Å². The Bertz CT molecular complexity index is 715. The highest BCUT2D eigenvalue weighted by molar-refractivity contribution is 5.94. The van der Waals surface area contributed by atoms with Crippen molar-refractivity contribution in [3.05, 3.63) is 44.6 Å². The molecule has 2 aromatic rings. The van der Waals surface area contributed by atoms with Crippen molar-refractivity contribution < 1.29 is 10.2 Å². The maximum Gasteiger partial charge on any atom is 0.193 e. The highest BCUT2D eigenvalue weighted by Crippen LogP contribution is 2.37. The van der Waals surface area contributed by atoms with Gasteiger partial charge in [-0.2, -0.15) is 0 Å². The molecule has 2 aromatic carbocycles. The summed E-state index contributed by atoms with van der Waals surface area (Å²) in [5.41, 5.74) is 2.68. The van der Waals surface area contributed by atoms with Crippen molar-refractivity contribution in [3.8, 4) is 11.5 Å². The number of phenols is 2. The lowest BCUT2D eigenvalue weighted by atomic mass is 10.00. The van der Waals surface area contributed by atoms with Crippen LogP contribution in [0.2, 0.25) is 0 Å². The minimum atomic E-state index is -0.322. The van der Waals surface area contributed by atoms with E-state index >= 15 is 0 Å². The van der Waals surface area contributed by atoms with E-state index in [9.17, 15) is 15.0 Å². The zero-order valence-corrected chi connectivity index (χ0v) is 11.0. The summed E-state index contributed by atoms with van der Waals surface area (Å²) < 4.78 is 0. The number of fused-ring (bicyclic) bond motifs is 1. The van der Waals surface area contributed by atoms with Gasteiger partial charge in [-0.25, -0.2) is 0 Å². The summed E-state index contributed by atoms with van der Waals surface area (Å²) in [6, 6.07) is 3.65. The molecule has 0 aliphatic heterocycles. The van der Waals surface area contributed by atoms with Crippen molar-refractivity contribution >= 4 is 10.8 Å². The van der Waals surface area contributed by atoms with E-state index in [-0.39, 0.29) is 22.3 Å². The number of rotatable bonds is 0. The molecule has 0 bridgehead atoms. The molecule has 0 atom stereocenters. The minimum absolute atomic E-state index is 0.196. The van der Waals surface area contributed by atoms with E-state index in [4.69, 9.17) is 0 Å². The average Bonchev–Trinajstić information content (AvgIpc) is 2.42. The molecule has 0 spiro atoms. The van der Waals surface area contributed by atoms with E-state index in [2.05, 4.69) is 0 Å². The lowest BCUT2D eigenvalue weighted by Gasteiger charge is -2.09. The molecule has 18 heavy (non-hydrogen) atoms. The number of phenolic OH excluding ortho intramolecular Hbond substituents is 2. The molecule has 2 N–H and O–H groups in total. The van der Waals surface area contributed by atoms with Crippen molar-refractivity contribution in [1.29, 1.82) is 0 Å². The molecule has 0 fully saturated rings. The molecule has 2 rings (SSSR count). The molecule has 3 nitrogen and oxygen atoms in total. The molecule has 0 saturated heterocycles. The Morgan fingerprint density at radius 2 is 1.50 bits per heavy atom. The van der Waals surface area contributed by atoms with E-state index in [0.717, 1.165) is 11.1 Å². The molecule has 0 saturated carbocycles. The van der Waals surface area contributed by atoms with Crippen molar-refractivity contribution in [2.45, 2.75) is 27.7 Å². The van der Waals surface area contributed by atoms with Gasteiger partial charge >= 0.3 is 0 Å². The molecule has 0 radical (unpaired) electrons. The van der Waals surface area contributed by atoms with E-state index in [1.54, 1.807) is 19.9 Å². The van der Waals surface area contributed by atoms with Crippen LogP contribution in [0, 0.1) is 27.7 Å². The fraction of sp³-hybridized carbons (Fsp3) is 0.267. The Kier molecular flexibility index (Phi) is 2.77. The Morgan fingerprint density at radius 3 is 2.11 bits per heavy atom. The van der Waals surface area contributed by atoms with Crippen molar-refractivity contribution in [1.82, 2.24) is 0 Å². The summed E-state index contributed by atoms with van der Waals surface area (Å²) in [5.74, 6) is -0.530. The summed E-state index contributed by atoms with van der Waals surface area (Å²) in [6.45, 7) is 7.18. The third-order valence-corrected chi connectivity index (χ3v) is 3.45. The highest BCUT2D eigenvalue weighted by atomic mass is 16.3. The van der Waals surface area contributed by atoms with Crippen LogP contribution in [0.4, 0.5) is 0 Å². The van der Waals surface area contributed by atoms with Crippen LogP contribution in [-0.2, 0) is 0 Å². The second kappa shape index (κ2) is 4.02. The molecule has 0 unspecified atom stereocenters. The predicted octanol–water partition coefficient (Wildman–Crippen LogP) is 2.84. The van der Waals surface area contributed by atoms with Crippen LogP contribution >= 0.6 is 0 Å². The average molecular weight is 244 g/mol. The standard InChI is InChI=1S/C15H16O3/c1-7-5-8(2)13(16)12-11(6-7)9(3)10(4)14(17)15(12)18/h5-6,17-18H,1-4H3. The Labute approximate surface area is 105 Å². The maximum atomic E-state index is 12.2. The van der Waals surface area contributed by atoms with Gasteiger partial charge in [0.2, 0.25) is 0 Å². The SMILES string of the molecule is Cc1cc(C)c(=O)c2c(O)c(O)c(C)c(C)c2c1. The molecule has 0 aliphatic carbocycles. The minimum Gasteiger partial charge on any atom is -0.504 e. The van der Waals surface area contributed by atoms with Crippen LogP contribution in [0.5, 0.6) is 11.5 Å². The highest BCUT2D eigenvalue weighted by Gasteiger charge is 2.16. The zero-order chi connectivity index (χ0) is 13.6. The summed E-state index contributed by atoms with van der Waals surface area (Å²) >= 11 is 0. The maximum absolute atomic E-state index is 12.2. The molecular weight excluding hydrogens is 228 g/mol. The van der Waals surface area contributed by atoms with Crippen molar-refractivity contribution in [2.24, 2.45) is 0 Å². The number of hydrogen-bond acceptors (Lipinski definition) is 3. The van der Waals surface area contributed by atoms with E-state index in [0.29, 0.717) is 16.5 Å². The third kappa shape index (κ3) is 1.63. The van der Waals surface area contributed by atoms with Crippen LogP contribution in [0.1, 0.15) is 22.3 Å². The third-order valence-electron chi connectivity index (χ3n) is 3.45. The molecule has 3 heteroatoms. The van der Waals surface area contributed by atoms with Gasteiger partial charge in [0, 0.05) is 0 Å². The molecule has 0 amide bonds. The predicted molar refractivity (Wildman–Crippen MR) is 72.5 cm³/mol.